The Kier molecular flexibility index (Phi) is 6.30. The van der Waals surface area contributed by atoms with Gasteiger partial charge in [0.25, 0.3) is 11.6 Å². The van der Waals surface area contributed by atoms with E-state index in [0.29, 0.717) is 19.6 Å². The molecule has 33 heavy (non-hydrogen) atoms. The van der Waals surface area contributed by atoms with Gasteiger partial charge in [-0.05, 0) is 47.9 Å². The lowest BCUT2D eigenvalue weighted by Crippen LogP contribution is -2.48. The molecule has 0 N–H and O–H groups in total. The topological polar surface area (TPSA) is 102 Å². The maximum Gasteiger partial charge on any atom is 0.290 e. The first-order valence-electron chi connectivity index (χ1n) is 10.9. The number of hydrogen-bond donors (Lipinski definition) is 0. The van der Waals surface area contributed by atoms with E-state index in [1.54, 1.807) is 29.2 Å². The van der Waals surface area contributed by atoms with Crippen LogP contribution in [0.2, 0.25) is 0 Å². The second kappa shape index (κ2) is 9.32. The van der Waals surface area contributed by atoms with Crippen molar-refractivity contribution in [3.05, 3.63) is 88.1 Å². The van der Waals surface area contributed by atoms with Gasteiger partial charge in [0, 0.05) is 43.7 Å². The highest BCUT2D eigenvalue weighted by atomic mass is 16.6. The zero-order chi connectivity index (χ0) is 23.5. The Balaban J connectivity index is 1.62. The second-order valence-electron chi connectivity index (χ2n) is 8.52. The molecular weight excluding hydrogens is 424 g/mol. The predicted molar refractivity (Wildman–Crippen MR) is 121 cm³/mol. The summed E-state index contributed by atoms with van der Waals surface area (Å²) in [6.45, 7) is 5.40. The minimum absolute atomic E-state index is 0.00466. The quantitative estimate of drug-likeness (QED) is 0.403. The Hall–Kier alpha value is -3.88. The van der Waals surface area contributed by atoms with Crippen LogP contribution in [0.1, 0.15) is 41.7 Å². The van der Waals surface area contributed by atoms with E-state index in [9.17, 15) is 19.7 Å². The standard InChI is InChI=1S/C24H26N4O5/c1-17(2)15-26(24(30)21-6-4-14-33-21)16-22(29)27-13-12-25-11-3-5-20(25)23(27)18-7-9-19(10-8-18)28(31)32/h3-11,14,17,23H,12-13,15-16H2,1-2H3. The largest absolute Gasteiger partial charge is 0.459 e. The number of aromatic nitrogens is 1. The van der Waals surface area contributed by atoms with Crippen molar-refractivity contribution >= 4 is 17.5 Å². The second-order valence-corrected chi connectivity index (χ2v) is 8.52. The predicted octanol–water partition coefficient (Wildman–Crippen LogP) is 3.72. The highest BCUT2D eigenvalue weighted by molar-refractivity contribution is 5.94. The molecular formula is C24H26N4O5. The lowest BCUT2D eigenvalue weighted by atomic mass is 9.99. The van der Waals surface area contributed by atoms with Crippen LogP contribution in [0.5, 0.6) is 0 Å². The number of non-ortho nitro benzene ring substituents is 1. The summed E-state index contributed by atoms with van der Waals surface area (Å²) in [5, 5.41) is 11.1. The van der Waals surface area contributed by atoms with Crippen molar-refractivity contribution in [1.29, 1.82) is 0 Å². The number of furan rings is 1. The molecule has 0 radical (unpaired) electrons. The van der Waals surface area contributed by atoms with Gasteiger partial charge in [0.15, 0.2) is 5.76 Å². The SMILES string of the molecule is CC(C)CN(CC(=O)N1CCn2cccc2C1c1ccc([N+](=O)[O-])cc1)C(=O)c1ccco1. The lowest BCUT2D eigenvalue weighted by molar-refractivity contribution is -0.384. The van der Waals surface area contributed by atoms with Gasteiger partial charge in [-0.25, -0.2) is 0 Å². The van der Waals surface area contributed by atoms with Gasteiger partial charge in [0.2, 0.25) is 5.91 Å². The Morgan fingerprint density at radius 3 is 2.55 bits per heavy atom. The van der Waals surface area contributed by atoms with E-state index in [0.717, 1.165) is 11.3 Å². The fourth-order valence-electron chi connectivity index (χ4n) is 4.25. The van der Waals surface area contributed by atoms with Gasteiger partial charge in [0.1, 0.15) is 6.54 Å². The third-order valence-electron chi connectivity index (χ3n) is 5.71. The molecule has 0 saturated carbocycles. The fraction of sp³-hybridized carbons (Fsp3) is 0.333. The van der Waals surface area contributed by atoms with Crippen LogP contribution in [-0.4, -0.2) is 50.7 Å². The molecule has 1 aliphatic rings. The summed E-state index contributed by atoms with van der Waals surface area (Å²) in [5.41, 5.74) is 1.70. The van der Waals surface area contributed by atoms with E-state index in [1.165, 1.54) is 23.3 Å². The molecule has 1 aliphatic heterocycles. The molecule has 9 heteroatoms. The number of benzene rings is 1. The lowest BCUT2D eigenvalue weighted by Gasteiger charge is -2.38. The van der Waals surface area contributed by atoms with Gasteiger partial charge in [-0.15, -0.1) is 0 Å². The normalized spacial score (nSPS) is 15.4. The van der Waals surface area contributed by atoms with Crippen molar-refractivity contribution in [3.8, 4) is 0 Å². The highest BCUT2D eigenvalue weighted by Gasteiger charge is 2.34. The first kappa shape index (κ1) is 22.3. The molecule has 0 fully saturated rings. The number of nitro benzene ring substituents is 1. The van der Waals surface area contributed by atoms with Crippen molar-refractivity contribution in [2.24, 2.45) is 5.92 Å². The van der Waals surface area contributed by atoms with E-state index < -0.39 is 11.0 Å². The smallest absolute Gasteiger partial charge is 0.290 e. The average Bonchev–Trinajstić information content (AvgIpc) is 3.49. The van der Waals surface area contributed by atoms with Crippen LogP contribution >= 0.6 is 0 Å². The van der Waals surface area contributed by atoms with Gasteiger partial charge in [-0.1, -0.05) is 13.8 Å². The number of nitrogens with zero attached hydrogens (tertiary/aromatic N) is 4. The number of carbonyl (C=O) groups is 2. The molecule has 4 rings (SSSR count). The van der Waals surface area contributed by atoms with Crippen molar-refractivity contribution in [3.63, 3.8) is 0 Å². The Morgan fingerprint density at radius 1 is 1.15 bits per heavy atom. The monoisotopic (exact) mass is 450 g/mol. The minimum atomic E-state index is -0.444. The maximum absolute atomic E-state index is 13.5. The zero-order valence-electron chi connectivity index (χ0n) is 18.6. The summed E-state index contributed by atoms with van der Waals surface area (Å²) in [6, 6.07) is 13.0. The molecule has 2 amide bonds. The van der Waals surface area contributed by atoms with Gasteiger partial charge in [-0.2, -0.15) is 0 Å². The van der Waals surface area contributed by atoms with Gasteiger partial charge in [0.05, 0.1) is 17.2 Å². The third kappa shape index (κ3) is 4.67. The Bertz CT molecular complexity index is 1130. The molecule has 0 saturated heterocycles. The molecule has 0 bridgehead atoms. The van der Waals surface area contributed by atoms with E-state index in [2.05, 4.69) is 4.57 Å². The summed E-state index contributed by atoms with van der Waals surface area (Å²) < 4.78 is 7.35. The van der Waals surface area contributed by atoms with E-state index in [-0.39, 0.29) is 35.7 Å². The number of hydrogen-bond acceptors (Lipinski definition) is 5. The summed E-state index contributed by atoms with van der Waals surface area (Å²) in [7, 11) is 0. The number of rotatable bonds is 7. The number of carbonyl (C=O) groups excluding carboxylic acids is 2. The first-order valence-corrected chi connectivity index (χ1v) is 10.9. The van der Waals surface area contributed by atoms with E-state index in [1.807, 2.05) is 32.2 Å². The number of nitro groups is 1. The Morgan fingerprint density at radius 2 is 1.91 bits per heavy atom. The zero-order valence-corrected chi connectivity index (χ0v) is 18.6. The summed E-state index contributed by atoms with van der Waals surface area (Å²) in [6.07, 6.45) is 3.40. The van der Waals surface area contributed by atoms with Crippen molar-refractivity contribution < 1.29 is 18.9 Å². The minimum Gasteiger partial charge on any atom is -0.459 e. The van der Waals surface area contributed by atoms with Crippen LogP contribution in [0, 0.1) is 16.0 Å². The van der Waals surface area contributed by atoms with E-state index in [4.69, 9.17) is 4.42 Å². The molecule has 2 aromatic heterocycles. The first-order chi connectivity index (χ1) is 15.8. The summed E-state index contributed by atoms with van der Waals surface area (Å²) in [4.78, 5) is 40.4. The van der Waals surface area contributed by atoms with Crippen LogP contribution in [0.3, 0.4) is 0 Å². The van der Waals surface area contributed by atoms with Gasteiger partial charge >= 0.3 is 0 Å². The van der Waals surface area contributed by atoms with Crippen LogP contribution in [-0.2, 0) is 11.3 Å². The van der Waals surface area contributed by atoms with Crippen LogP contribution in [0.15, 0.2) is 65.4 Å². The highest BCUT2D eigenvalue weighted by Crippen LogP contribution is 2.33. The maximum atomic E-state index is 13.5. The van der Waals surface area contributed by atoms with Gasteiger partial charge < -0.3 is 18.8 Å². The number of amides is 2. The Labute approximate surface area is 191 Å². The van der Waals surface area contributed by atoms with Crippen molar-refractivity contribution in [1.82, 2.24) is 14.4 Å². The summed E-state index contributed by atoms with van der Waals surface area (Å²) in [5.74, 6) is -0.149. The van der Waals surface area contributed by atoms with Crippen molar-refractivity contribution in [2.45, 2.75) is 26.4 Å². The van der Waals surface area contributed by atoms with E-state index >= 15 is 0 Å². The molecule has 9 nitrogen and oxygen atoms in total. The van der Waals surface area contributed by atoms with Crippen molar-refractivity contribution in [2.75, 3.05) is 19.6 Å². The molecule has 1 aromatic carbocycles. The molecule has 0 aliphatic carbocycles. The molecule has 3 heterocycles. The van der Waals surface area contributed by atoms with Crippen LogP contribution in [0.25, 0.3) is 0 Å². The third-order valence-corrected chi connectivity index (χ3v) is 5.71. The molecule has 1 atom stereocenters. The molecule has 172 valence electrons. The average molecular weight is 450 g/mol. The van der Waals surface area contributed by atoms with Crippen LogP contribution in [0.4, 0.5) is 5.69 Å². The number of fused-ring (bicyclic) bond motifs is 1. The fourth-order valence-corrected chi connectivity index (χ4v) is 4.25. The molecule has 1 unspecified atom stereocenters. The summed E-state index contributed by atoms with van der Waals surface area (Å²) >= 11 is 0. The van der Waals surface area contributed by atoms with Gasteiger partial charge in [-0.3, -0.25) is 19.7 Å². The molecule has 3 aromatic rings. The molecule has 0 spiro atoms. The van der Waals surface area contributed by atoms with Crippen LogP contribution < -0.4 is 0 Å².